The zero-order valence-corrected chi connectivity index (χ0v) is 7.55. The minimum absolute atomic E-state index is 1.20. The topological polar surface area (TPSA) is 0 Å². The molecule has 0 nitrogen and oxygen atoms in total. The molecule has 0 aromatic heterocycles. The summed E-state index contributed by atoms with van der Waals surface area (Å²) in [5, 5.41) is 0. The molecule has 0 N–H and O–H groups in total. The fourth-order valence-electron chi connectivity index (χ4n) is 1.41. The van der Waals surface area contributed by atoms with Crippen molar-refractivity contribution in [2.45, 2.75) is 26.2 Å². The first-order valence-corrected chi connectivity index (χ1v) is 4.90. The van der Waals surface area contributed by atoms with Crippen molar-refractivity contribution in [3.8, 4) is 0 Å². The smallest absolute Gasteiger partial charge is 0.00845 e. The lowest BCUT2D eigenvalue weighted by molar-refractivity contribution is 0.781. The summed E-state index contributed by atoms with van der Waals surface area (Å²) in [6.07, 6.45) is 5.91. The fraction of sp³-hybridized carbons (Fsp3) is 0.556. The molecule has 0 saturated carbocycles. The van der Waals surface area contributed by atoms with E-state index < -0.39 is 0 Å². The van der Waals surface area contributed by atoms with Gasteiger partial charge in [-0.1, -0.05) is 12.2 Å². The van der Waals surface area contributed by atoms with Gasteiger partial charge >= 0.3 is 0 Å². The highest BCUT2D eigenvalue weighted by Gasteiger charge is 2.10. The standard InChI is InChI=1S/C9H14S/c1-7-5-4-6-8(2)9(7)10-3/h1,4-6H2,2-3H3. The summed E-state index contributed by atoms with van der Waals surface area (Å²) in [4.78, 5) is 1.45. The Kier molecular flexibility index (Phi) is 2.61. The van der Waals surface area contributed by atoms with Gasteiger partial charge in [-0.25, -0.2) is 0 Å². The van der Waals surface area contributed by atoms with E-state index in [4.69, 9.17) is 0 Å². The Morgan fingerprint density at radius 3 is 2.50 bits per heavy atom. The van der Waals surface area contributed by atoms with E-state index in [2.05, 4.69) is 19.8 Å². The van der Waals surface area contributed by atoms with Gasteiger partial charge in [0.05, 0.1) is 0 Å². The SMILES string of the molecule is C=C1CCCC(C)=C1SC. The first kappa shape index (κ1) is 7.93. The van der Waals surface area contributed by atoms with E-state index in [9.17, 15) is 0 Å². The molecule has 10 heavy (non-hydrogen) atoms. The molecule has 0 radical (unpaired) electrons. The second kappa shape index (κ2) is 3.29. The van der Waals surface area contributed by atoms with Crippen LogP contribution in [0.4, 0.5) is 0 Å². The summed E-state index contributed by atoms with van der Waals surface area (Å²) in [5.74, 6) is 0. The highest BCUT2D eigenvalue weighted by Crippen LogP contribution is 2.34. The van der Waals surface area contributed by atoms with Crippen LogP contribution in [0.2, 0.25) is 0 Å². The van der Waals surface area contributed by atoms with Gasteiger partial charge in [-0.05, 0) is 38.0 Å². The summed E-state index contributed by atoms with van der Waals surface area (Å²) in [5.41, 5.74) is 2.88. The Bertz CT molecular complexity index is 177. The van der Waals surface area contributed by atoms with Crippen LogP contribution in [0.5, 0.6) is 0 Å². The maximum atomic E-state index is 4.04. The van der Waals surface area contributed by atoms with E-state index in [-0.39, 0.29) is 0 Å². The molecule has 0 spiro atoms. The zero-order valence-electron chi connectivity index (χ0n) is 6.74. The molecule has 0 bridgehead atoms. The van der Waals surface area contributed by atoms with Crippen molar-refractivity contribution in [1.82, 2.24) is 0 Å². The Labute approximate surface area is 67.4 Å². The third kappa shape index (κ3) is 1.46. The zero-order chi connectivity index (χ0) is 7.56. The Hall–Kier alpha value is -0.170. The summed E-state index contributed by atoms with van der Waals surface area (Å²) in [7, 11) is 0. The van der Waals surface area contributed by atoms with Gasteiger partial charge in [-0.3, -0.25) is 0 Å². The van der Waals surface area contributed by atoms with E-state index >= 15 is 0 Å². The summed E-state index contributed by atoms with van der Waals surface area (Å²) in [6, 6.07) is 0. The first-order valence-electron chi connectivity index (χ1n) is 3.67. The summed E-state index contributed by atoms with van der Waals surface area (Å²) >= 11 is 1.84. The Morgan fingerprint density at radius 1 is 1.40 bits per heavy atom. The predicted molar refractivity (Wildman–Crippen MR) is 49.2 cm³/mol. The monoisotopic (exact) mass is 154 g/mol. The van der Waals surface area contributed by atoms with Gasteiger partial charge < -0.3 is 0 Å². The molecule has 1 aliphatic carbocycles. The number of hydrogen-bond donors (Lipinski definition) is 0. The highest BCUT2D eigenvalue weighted by molar-refractivity contribution is 8.02. The number of rotatable bonds is 1. The lowest BCUT2D eigenvalue weighted by Crippen LogP contribution is -1.96. The molecule has 1 heteroatoms. The number of thioether (sulfide) groups is 1. The van der Waals surface area contributed by atoms with Crippen LogP contribution in [-0.4, -0.2) is 6.26 Å². The van der Waals surface area contributed by atoms with Gasteiger partial charge in [0.25, 0.3) is 0 Å². The van der Waals surface area contributed by atoms with Crippen molar-refractivity contribution in [2.75, 3.05) is 6.26 Å². The average molecular weight is 154 g/mol. The summed E-state index contributed by atoms with van der Waals surface area (Å²) < 4.78 is 0. The molecule has 0 unspecified atom stereocenters. The van der Waals surface area contributed by atoms with Crippen LogP contribution in [0.15, 0.2) is 22.6 Å². The van der Waals surface area contributed by atoms with E-state index in [1.807, 2.05) is 11.8 Å². The van der Waals surface area contributed by atoms with Crippen LogP contribution in [0.3, 0.4) is 0 Å². The second-order valence-electron chi connectivity index (χ2n) is 2.77. The largest absolute Gasteiger partial charge is 0.129 e. The maximum absolute atomic E-state index is 4.04. The van der Waals surface area contributed by atoms with E-state index in [0.717, 1.165) is 0 Å². The van der Waals surface area contributed by atoms with Crippen LogP contribution in [0.1, 0.15) is 26.2 Å². The Morgan fingerprint density at radius 2 is 2.10 bits per heavy atom. The molecule has 0 aliphatic heterocycles. The molecule has 0 saturated heterocycles. The van der Waals surface area contributed by atoms with Gasteiger partial charge in [0, 0.05) is 4.91 Å². The second-order valence-corrected chi connectivity index (χ2v) is 3.59. The molecular weight excluding hydrogens is 140 g/mol. The quantitative estimate of drug-likeness (QED) is 0.558. The third-order valence-electron chi connectivity index (χ3n) is 1.94. The first-order chi connectivity index (χ1) is 4.75. The number of hydrogen-bond acceptors (Lipinski definition) is 1. The van der Waals surface area contributed by atoms with Crippen LogP contribution in [0.25, 0.3) is 0 Å². The fourth-order valence-corrected chi connectivity index (χ4v) is 2.26. The normalized spacial score (nSPS) is 20.0. The highest BCUT2D eigenvalue weighted by atomic mass is 32.2. The van der Waals surface area contributed by atoms with Gasteiger partial charge in [0.1, 0.15) is 0 Å². The van der Waals surface area contributed by atoms with Gasteiger partial charge in [0.2, 0.25) is 0 Å². The predicted octanol–water partition coefficient (Wildman–Crippen LogP) is 3.36. The van der Waals surface area contributed by atoms with Gasteiger partial charge in [-0.2, -0.15) is 0 Å². The molecule has 0 aromatic carbocycles. The molecular formula is C9H14S. The molecule has 1 aliphatic rings. The molecule has 0 heterocycles. The maximum Gasteiger partial charge on any atom is 0.00845 e. The molecule has 0 atom stereocenters. The molecule has 0 amide bonds. The van der Waals surface area contributed by atoms with Crippen molar-refractivity contribution in [3.05, 3.63) is 22.6 Å². The van der Waals surface area contributed by atoms with E-state index in [1.165, 1.54) is 35.3 Å². The van der Waals surface area contributed by atoms with Gasteiger partial charge in [-0.15, -0.1) is 11.8 Å². The minimum Gasteiger partial charge on any atom is -0.129 e. The van der Waals surface area contributed by atoms with Crippen LogP contribution >= 0.6 is 11.8 Å². The van der Waals surface area contributed by atoms with Gasteiger partial charge in [0.15, 0.2) is 0 Å². The van der Waals surface area contributed by atoms with E-state index in [0.29, 0.717) is 0 Å². The van der Waals surface area contributed by atoms with Crippen molar-refractivity contribution < 1.29 is 0 Å². The third-order valence-corrected chi connectivity index (χ3v) is 2.99. The van der Waals surface area contributed by atoms with Crippen molar-refractivity contribution >= 4 is 11.8 Å². The lowest BCUT2D eigenvalue weighted by Gasteiger charge is -2.17. The molecule has 0 fully saturated rings. The molecule has 0 aromatic rings. The van der Waals surface area contributed by atoms with Crippen molar-refractivity contribution in [2.24, 2.45) is 0 Å². The molecule has 56 valence electrons. The van der Waals surface area contributed by atoms with Crippen LogP contribution in [0, 0.1) is 0 Å². The minimum atomic E-state index is 1.20. The lowest BCUT2D eigenvalue weighted by atomic mass is 9.97. The number of allylic oxidation sites excluding steroid dienone is 2. The van der Waals surface area contributed by atoms with Crippen molar-refractivity contribution in [1.29, 1.82) is 0 Å². The summed E-state index contributed by atoms with van der Waals surface area (Å²) in [6.45, 7) is 6.26. The molecule has 1 rings (SSSR count). The van der Waals surface area contributed by atoms with Crippen LogP contribution in [-0.2, 0) is 0 Å². The Balaban J connectivity index is 2.84. The average Bonchev–Trinajstić information content (AvgIpc) is 1.88. The van der Waals surface area contributed by atoms with E-state index in [1.54, 1.807) is 0 Å². The van der Waals surface area contributed by atoms with Crippen molar-refractivity contribution in [3.63, 3.8) is 0 Å². The van der Waals surface area contributed by atoms with Crippen LogP contribution < -0.4 is 0 Å².